The highest BCUT2D eigenvalue weighted by Crippen LogP contribution is 2.17. The molecule has 3 heteroatoms. The topological polar surface area (TPSA) is 24.5 Å². The Hall–Kier alpha value is -1.84. The Morgan fingerprint density at radius 3 is 2.48 bits per heavy atom. The molecule has 25 heavy (non-hydrogen) atoms. The van der Waals surface area contributed by atoms with E-state index < -0.39 is 0 Å². The number of hydrogen-bond donors (Lipinski definition) is 1. The van der Waals surface area contributed by atoms with Crippen LogP contribution in [-0.4, -0.2) is 30.6 Å². The van der Waals surface area contributed by atoms with Gasteiger partial charge in [0, 0.05) is 19.1 Å². The van der Waals surface area contributed by atoms with Gasteiger partial charge in [-0.1, -0.05) is 48.9 Å². The molecule has 1 aliphatic heterocycles. The first kappa shape index (κ1) is 18.0. The molecule has 1 fully saturated rings. The summed E-state index contributed by atoms with van der Waals surface area (Å²) < 4.78 is 5.87. The van der Waals surface area contributed by atoms with Crippen LogP contribution >= 0.6 is 0 Å². The van der Waals surface area contributed by atoms with Crippen molar-refractivity contribution in [3.63, 3.8) is 0 Å². The van der Waals surface area contributed by atoms with Crippen molar-refractivity contribution in [3.8, 4) is 5.75 Å². The molecule has 2 aromatic rings. The molecule has 1 N–H and O–H groups in total. The Kier molecular flexibility index (Phi) is 6.48. The van der Waals surface area contributed by atoms with Crippen LogP contribution in [0.4, 0.5) is 0 Å². The van der Waals surface area contributed by atoms with Crippen molar-refractivity contribution in [1.82, 2.24) is 10.2 Å². The maximum atomic E-state index is 5.87. The average Bonchev–Trinajstić information content (AvgIpc) is 3.10. The van der Waals surface area contributed by atoms with Gasteiger partial charge in [0.15, 0.2) is 0 Å². The second kappa shape index (κ2) is 9.02. The average molecular weight is 338 g/mol. The van der Waals surface area contributed by atoms with Gasteiger partial charge in [-0.25, -0.2) is 0 Å². The first-order valence-corrected chi connectivity index (χ1v) is 9.46. The molecule has 0 unspecified atom stereocenters. The lowest BCUT2D eigenvalue weighted by Gasteiger charge is -2.23. The van der Waals surface area contributed by atoms with Crippen LogP contribution in [0.5, 0.6) is 5.75 Å². The van der Waals surface area contributed by atoms with Crippen molar-refractivity contribution in [1.29, 1.82) is 0 Å². The maximum absolute atomic E-state index is 5.87. The van der Waals surface area contributed by atoms with Gasteiger partial charge in [-0.3, -0.25) is 4.90 Å². The second-order valence-corrected chi connectivity index (χ2v) is 6.97. The normalized spacial score (nSPS) is 17.8. The largest absolute Gasteiger partial charge is 0.489 e. The van der Waals surface area contributed by atoms with E-state index in [4.69, 9.17) is 4.74 Å². The van der Waals surface area contributed by atoms with Crippen LogP contribution in [0.3, 0.4) is 0 Å². The molecule has 134 valence electrons. The van der Waals surface area contributed by atoms with Crippen molar-refractivity contribution in [3.05, 3.63) is 65.2 Å². The van der Waals surface area contributed by atoms with Gasteiger partial charge in [0.25, 0.3) is 0 Å². The maximum Gasteiger partial charge on any atom is 0.119 e. The second-order valence-electron chi connectivity index (χ2n) is 6.97. The highest BCUT2D eigenvalue weighted by molar-refractivity contribution is 5.28. The summed E-state index contributed by atoms with van der Waals surface area (Å²) in [7, 11) is 0. The standard InChI is InChI=1S/C22H30N2O/c1-3-24-14-4-5-21(24)16-23-15-19-10-12-22(13-11-19)25-17-20-8-6-18(2)7-9-20/h6-13,21,23H,3-5,14-17H2,1-2H3/t21-/m1/s1. The molecule has 1 heterocycles. The van der Waals surface area contributed by atoms with Crippen LogP contribution in [0.1, 0.15) is 36.5 Å². The number of aryl methyl sites for hydroxylation is 1. The zero-order valence-corrected chi connectivity index (χ0v) is 15.5. The van der Waals surface area contributed by atoms with Crippen LogP contribution < -0.4 is 10.1 Å². The fourth-order valence-electron chi connectivity index (χ4n) is 3.48. The van der Waals surface area contributed by atoms with Gasteiger partial charge in [-0.05, 0) is 56.1 Å². The van der Waals surface area contributed by atoms with Crippen LogP contribution in [0.15, 0.2) is 48.5 Å². The Labute approximate surface area is 152 Å². The number of ether oxygens (including phenoxy) is 1. The van der Waals surface area contributed by atoms with Crippen molar-refractivity contribution in [2.24, 2.45) is 0 Å². The van der Waals surface area contributed by atoms with Crippen molar-refractivity contribution in [2.45, 2.75) is 45.9 Å². The summed E-state index contributed by atoms with van der Waals surface area (Å²) in [6.07, 6.45) is 2.67. The summed E-state index contributed by atoms with van der Waals surface area (Å²) in [6, 6.07) is 17.6. The third-order valence-corrected chi connectivity index (χ3v) is 5.06. The number of likely N-dealkylation sites (tertiary alicyclic amines) is 1. The van der Waals surface area contributed by atoms with Crippen LogP contribution in [0, 0.1) is 6.92 Å². The molecule has 0 bridgehead atoms. The highest BCUT2D eigenvalue weighted by Gasteiger charge is 2.21. The summed E-state index contributed by atoms with van der Waals surface area (Å²) in [6.45, 7) is 9.41. The Bertz CT molecular complexity index is 636. The molecule has 3 nitrogen and oxygen atoms in total. The van der Waals surface area contributed by atoms with Gasteiger partial charge < -0.3 is 10.1 Å². The summed E-state index contributed by atoms with van der Waals surface area (Å²) in [4.78, 5) is 2.58. The molecule has 2 aromatic carbocycles. The molecule has 0 amide bonds. The van der Waals surface area contributed by atoms with E-state index in [1.807, 2.05) is 0 Å². The number of nitrogens with zero attached hydrogens (tertiary/aromatic N) is 1. The quantitative estimate of drug-likeness (QED) is 0.782. The first-order valence-electron chi connectivity index (χ1n) is 9.46. The minimum absolute atomic E-state index is 0.617. The fourth-order valence-corrected chi connectivity index (χ4v) is 3.48. The number of hydrogen-bond acceptors (Lipinski definition) is 3. The monoisotopic (exact) mass is 338 g/mol. The molecular weight excluding hydrogens is 308 g/mol. The molecule has 0 saturated carbocycles. The van der Waals surface area contributed by atoms with E-state index in [9.17, 15) is 0 Å². The fraction of sp³-hybridized carbons (Fsp3) is 0.455. The Morgan fingerprint density at radius 2 is 1.76 bits per heavy atom. The van der Waals surface area contributed by atoms with Crippen LogP contribution in [0.2, 0.25) is 0 Å². The van der Waals surface area contributed by atoms with E-state index >= 15 is 0 Å². The number of rotatable bonds is 8. The SMILES string of the molecule is CCN1CCC[C@@H]1CNCc1ccc(OCc2ccc(C)cc2)cc1. The molecule has 1 saturated heterocycles. The number of likely N-dealkylation sites (N-methyl/N-ethyl adjacent to an activating group) is 1. The van der Waals surface area contributed by atoms with Crippen molar-refractivity contribution < 1.29 is 4.74 Å². The van der Waals surface area contributed by atoms with Gasteiger partial charge in [0.1, 0.15) is 12.4 Å². The minimum atomic E-state index is 0.617. The lowest BCUT2D eigenvalue weighted by atomic mass is 10.1. The zero-order chi connectivity index (χ0) is 17.5. The Morgan fingerprint density at radius 1 is 1.04 bits per heavy atom. The van der Waals surface area contributed by atoms with Crippen LogP contribution in [-0.2, 0) is 13.2 Å². The zero-order valence-electron chi connectivity index (χ0n) is 15.5. The van der Waals surface area contributed by atoms with Gasteiger partial charge in [-0.15, -0.1) is 0 Å². The lowest BCUT2D eigenvalue weighted by molar-refractivity contribution is 0.260. The predicted octanol–water partition coefficient (Wildman–Crippen LogP) is 4.15. The molecule has 0 aliphatic carbocycles. The third-order valence-electron chi connectivity index (χ3n) is 5.06. The summed E-state index contributed by atoms with van der Waals surface area (Å²) >= 11 is 0. The third kappa shape index (κ3) is 5.32. The molecule has 0 aromatic heterocycles. The molecule has 1 aliphatic rings. The molecular formula is C22H30N2O. The highest BCUT2D eigenvalue weighted by atomic mass is 16.5. The van der Waals surface area contributed by atoms with E-state index in [2.05, 4.69) is 72.6 Å². The smallest absolute Gasteiger partial charge is 0.119 e. The van der Waals surface area contributed by atoms with E-state index in [1.54, 1.807) is 0 Å². The van der Waals surface area contributed by atoms with Gasteiger partial charge in [-0.2, -0.15) is 0 Å². The van der Waals surface area contributed by atoms with Crippen molar-refractivity contribution in [2.75, 3.05) is 19.6 Å². The number of benzene rings is 2. The van der Waals surface area contributed by atoms with E-state index in [1.165, 1.54) is 42.6 Å². The molecule has 0 radical (unpaired) electrons. The summed E-state index contributed by atoms with van der Waals surface area (Å²) in [5.41, 5.74) is 3.79. The summed E-state index contributed by atoms with van der Waals surface area (Å²) in [5.74, 6) is 0.928. The van der Waals surface area contributed by atoms with Gasteiger partial charge in [0.05, 0.1) is 0 Å². The Balaban J connectivity index is 1.41. The van der Waals surface area contributed by atoms with Gasteiger partial charge >= 0.3 is 0 Å². The van der Waals surface area contributed by atoms with Gasteiger partial charge in [0.2, 0.25) is 0 Å². The van der Waals surface area contributed by atoms with Crippen LogP contribution in [0.25, 0.3) is 0 Å². The predicted molar refractivity (Wildman–Crippen MR) is 104 cm³/mol. The first-order chi connectivity index (χ1) is 12.2. The van der Waals surface area contributed by atoms with E-state index in [-0.39, 0.29) is 0 Å². The minimum Gasteiger partial charge on any atom is -0.489 e. The molecule has 1 atom stereocenters. The van der Waals surface area contributed by atoms with E-state index in [0.717, 1.165) is 18.8 Å². The molecule has 3 rings (SSSR count). The number of nitrogens with one attached hydrogen (secondary N) is 1. The lowest BCUT2D eigenvalue weighted by Crippen LogP contribution is -2.37. The van der Waals surface area contributed by atoms with E-state index in [0.29, 0.717) is 12.6 Å². The summed E-state index contributed by atoms with van der Waals surface area (Å²) in [5, 5.41) is 3.61. The molecule has 0 spiro atoms. The van der Waals surface area contributed by atoms with Crippen molar-refractivity contribution >= 4 is 0 Å².